The van der Waals surface area contributed by atoms with Crippen molar-refractivity contribution in [1.29, 1.82) is 0 Å². The molecule has 160 valence electrons. The van der Waals surface area contributed by atoms with Crippen molar-refractivity contribution >= 4 is 44.9 Å². The maximum atomic E-state index is 14.4. The van der Waals surface area contributed by atoms with E-state index in [1.54, 1.807) is 0 Å². The number of anilines is 2. The Bertz CT molecular complexity index is 789. The molecule has 1 aromatic carbocycles. The SMILES string of the molecule is O=S(Nc1ncns1)c1cc(Cl)c(NCCCCNCC[C@H]2CCCN2)cc1F. The van der Waals surface area contributed by atoms with Crippen molar-refractivity contribution in [2.24, 2.45) is 0 Å². The molecule has 0 aliphatic carbocycles. The van der Waals surface area contributed by atoms with Crippen molar-refractivity contribution < 1.29 is 8.60 Å². The standard InChI is InChI=1S/C18H26ClFN6OS2/c19-14-10-17(29(27)26-18-24-12-25-28-18)15(20)11-16(14)23-7-2-1-6-21-9-5-13-4-3-8-22-13/h10-13,21-23H,1-9H2,(H,24,25,26)/t13-,29?/m1/s1. The smallest absolute Gasteiger partial charge is 0.214 e. The largest absolute Gasteiger partial charge is 0.384 e. The van der Waals surface area contributed by atoms with Crippen molar-refractivity contribution in [2.45, 2.75) is 43.0 Å². The van der Waals surface area contributed by atoms with E-state index < -0.39 is 16.8 Å². The van der Waals surface area contributed by atoms with Gasteiger partial charge in [-0.3, -0.25) is 4.72 Å². The molecule has 2 aromatic rings. The van der Waals surface area contributed by atoms with Crippen LogP contribution in [0, 0.1) is 5.82 Å². The van der Waals surface area contributed by atoms with E-state index in [2.05, 4.69) is 30.0 Å². The summed E-state index contributed by atoms with van der Waals surface area (Å²) >= 11 is 7.28. The van der Waals surface area contributed by atoms with Gasteiger partial charge < -0.3 is 16.0 Å². The summed E-state index contributed by atoms with van der Waals surface area (Å²) in [5.74, 6) is -0.588. The molecular weight excluding hydrogens is 435 g/mol. The second-order valence-corrected chi connectivity index (χ2v) is 9.21. The summed E-state index contributed by atoms with van der Waals surface area (Å²) in [4.78, 5) is 3.86. The highest BCUT2D eigenvalue weighted by atomic mass is 35.5. The lowest BCUT2D eigenvalue weighted by atomic mass is 10.1. The monoisotopic (exact) mass is 460 g/mol. The lowest BCUT2D eigenvalue weighted by molar-refractivity contribution is 0.517. The van der Waals surface area contributed by atoms with Crippen molar-refractivity contribution in [1.82, 2.24) is 20.0 Å². The van der Waals surface area contributed by atoms with Crippen molar-refractivity contribution in [3.63, 3.8) is 0 Å². The fraction of sp³-hybridized carbons (Fsp3) is 0.556. The van der Waals surface area contributed by atoms with Gasteiger partial charge in [0, 0.05) is 24.1 Å². The zero-order chi connectivity index (χ0) is 20.5. The number of aromatic nitrogens is 2. The van der Waals surface area contributed by atoms with E-state index >= 15 is 0 Å². The topological polar surface area (TPSA) is 91.0 Å². The van der Waals surface area contributed by atoms with Gasteiger partial charge >= 0.3 is 0 Å². The van der Waals surface area contributed by atoms with E-state index in [-0.39, 0.29) is 4.90 Å². The third kappa shape index (κ3) is 7.14. The van der Waals surface area contributed by atoms with Gasteiger partial charge in [0.05, 0.1) is 15.6 Å². The van der Waals surface area contributed by atoms with Crippen LogP contribution in [0.1, 0.15) is 32.1 Å². The summed E-state index contributed by atoms with van der Waals surface area (Å²) in [7, 11) is -1.80. The quantitative estimate of drug-likeness (QED) is 0.363. The van der Waals surface area contributed by atoms with Gasteiger partial charge in [0.25, 0.3) is 0 Å². The van der Waals surface area contributed by atoms with E-state index in [9.17, 15) is 8.60 Å². The van der Waals surface area contributed by atoms with Crippen LogP contribution >= 0.6 is 23.1 Å². The highest BCUT2D eigenvalue weighted by Crippen LogP contribution is 2.28. The Hall–Kier alpha value is -1.33. The van der Waals surface area contributed by atoms with E-state index in [1.807, 2.05) is 0 Å². The van der Waals surface area contributed by atoms with Crippen LogP contribution in [0.25, 0.3) is 0 Å². The van der Waals surface area contributed by atoms with E-state index in [0.29, 0.717) is 28.4 Å². The second kappa shape index (κ2) is 11.8. The highest BCUT2D eigenvalue weighted by Gasteiger charge is 2.15. The van der Waals surface area contributed by atoms with Crippen LogP contribution < -0.4 is 20.7 Å². The van der Waals surface area contributed by atoms with Gasteiger partial charge in [-0.1, -0.05) is 11.6 Å². The maximum Gasteiger partial charge on any atom is 0.214 e. The fourth-order valence-electron chi connectivity index (χ4n) is 3.16. The van der Waals surface area contributed by atoms with E-state index in [0.717, 1.165) is 44.0 Å². The van der Waals surface area contributed by atoms with Crippen molar-refractivity contribution in [3.8, 4) is 0 Å². The second-order valence-electron chi connectivity index (χ2n) is 6.85. The Kier molecular flexibility index (Phi) is 9.06. The zero-order valence-electron chi connectivity index (χ0n) is 16.0. The minimum absolute atomic E-state index is 0.0169. The predicted molar refractivity (Wildman–Crippen MR) is 118 cm³/mol. The van der Waals surface area contributed by atoms with Gasteiger partial charge in [-0.05, 0) is 63.9 Å². The molecule has 1 saturated heterocycles. The number of hydrogen-bond donors (Lipinski definition) is 4. The third-order valence-corrected chi connectivity index (χ3v) is 6.80. The van der Waals surface area contributed by atoms with E-state index in [1.165, 1.54) is 37.7 Å². The van der Waals surface area contributed by atoms with E-state index in [4.69, 9.17) is 11.6 Å². The van der Waals surface area contributed by atoms with Gasteiger partial charge in [-0.2, -0.15) is 4.37 Å². The number of nitrogens with one attached hydrogen (secondary N) is 4. The lowest BCUT2D eigenvalue weighted by Crippen LogP contribution is -2.27. The Labute approximate surface area is 182 Å². The molecule has 1 aliphatic heterocycles. The van der Waals surface area contributed by atoms with Crippen LogP contribution in [0.3, 0.4) is 0 Å². The molecule has 1 fully saturated rings. The van der Waals surface area contributed by atoms with Crippen molar-refractivity contribution in [3.05, 3.63) is 29.3 Å². The number of rotatable bonds is 12. The molecule has 3 rings (SSSR count). The Morgan fingerprint density at radius 1 is 1.31 bits per heavy atom. The third-order valence-electron chi connectivity index (χ3n) is 4.69. The van der Waals surface area contributed by atoms with Gasteiger partial charge in [0.1, 0.15) is 12.1 Å². The molecule has 1 unspecified atom stereocenters. The number of halogens is 2. The molecule has 4 N–H and O–H groups in total. The molecule has 0 radical (unpaired) electrons. The summed E-state index contributed by atoms with van der Waals surface area (Å²) < 4.78 is 33.1. The van der Waals surface area contributed by atoms with Gasteiger partial charge in [0.2, 0.25) is 5.13 Å². The summed E-state index contributed by atoms with van der Waals surface area (Å²) in [6, 6.07) is 3.33. The molecular formula is C18H26ClFN6OS2. The Morgan fingerprint density at radius 2 is 2.17 bits per heavy atom. The number of benzene rings is 1. The van der Waals surface area contributed by atoms with Gasteiger partial charge in [0.15, 0.2) is 11.0 Å². The minimum atomic E-state index is -1.80. The first-order chi connectivity index (χ1) is 14.1. The molecule has 0 saturated carbocycles. The number of nitrogens with zero attached hydrogens (tertiary/aromatic N) is 2. The predicted octanol–water partition coefficient (Wildman–Crippen LogP) is 3.39. The average molecular weight is 461 g/mol. The lowest BCUT2D eigenvalue weighted by Gasteiger charge is -2.12. The van der Waals surface area contributed by atoms with Crippen molar-refractivity contribution in [2.75, 3.05) is 36.2 Å². The summed E-state index contributed by atoms with van der Waals surface area (Å²) in [6.07, 6.45) is 7.05. The number of unbranched alkanes of at least 4 members (excludes halogenated alkanes) is 1. The molecule has 0 amide bonds. The summed E-state index contributed by atoms with van der Waals surface area (Å²) in [5.41, 5.74) is 0.501. The molecule has 2 heterocycles. The first-order valence-electron chi connectivity index (χ1n) is 9.75. The Morgan fingerprint density at radius 3 is 2.93 bits per heavy atom. The van der Waals surface area contributed by atoms with Crippen LogP contribution in [0.15, 0.2) is 23.4 Å². The van der Waals surface area contributed by atoms with Gasteiger partial charge in [-0.15, -0.1) is 0 Å². The van der Waals surface area contributed by atoms with Gasteiger partial charge in [-0.25, -0.2) is 13.6 Å². The molecule has 0 spiro atoms. The molecule has 0 bridgehead atoms. The minimum Gasteiger partial charge on any atom is -0.384 e. The normalized spacial score (nSPS) is 17.4. The average Bonchev–Trinajstić information content (AvgIpc) is 3.40. The summed E-state index contributed by atoms with van der Waals surface area (Å²) in [5, 5.41) is 10.8. The molecule has 1 aliphatic rings. The van der Waals surface area contributed by atoms with Crippen LogP contribution in [0.2, 0.25) is 5.02 Å². The number of hydrogen-bond acceptors (Lipinski definition) is 7. The first kappa shape index (κ1) is 22.4. The van der Waals surface area contributed by atoms with Crippen LogP contribution in [-0.2, 0) is 11.0 Å². The highest BCUT2D eigenvalue weighted by molar-refractivity contribution is 7.86. The molecule has 2 atom stereocenters. The fourth-order valence-corrected chi connectivity index (χ4v) is 4.90. The Balaban J connectivity index is 1.36. The maximum absolute atomic E-state index is 14.4. The first-order valence-corrected chi connectivity index (χ1v) is 12.1. The molecule has 7 nitrogen and oxygen atoms in total. The molecule has 1 aromatic heterocycles. The molecule has 11 heteroatoms. The zero-order valence-corrected chi connectivity index (χ0v) is 18.4. The van der Waals surface area contributed by atoms with Crippen LogP contribution in [0.5, 0.6) is 0 Å². The summed E-state index contributed by atoms with van der Waals surface area (Å²) in [6.45, 7) is 3.84. The van der Waals surface area contributed by atoms with Crippen LogP contribution in [-0.4, -0.2) is 45.8 Å². The molecule has 29 heavy (non-hydrogen) atoms. The van der Waals surface area contributed by atoms with Crippen LogP contribution in [0.4, 0.5) is 15.2 Å².